The first-order chi connectivity index (χ1) is 14.4. The van der Waals surface area contributed by atoms with Crippen LogP contribution in [0.15, 0.2) is 48.5 Å². The van der Waals surface area contributed by atoms with Crippen LogP contribution >= 0.6 is 0 Å². The molecule has 0 aliphatic carbocycles. The molecule has 0 aromatic heterocycles. The minimum Gasteiger partial charge on any atom is -0.469 e. The Hall–Kier alpha value is -3.35. The summed E-state index contributed by atoms with van der Waals surface area (Å²) >= 11 is 0. The van der Waals surface area contributed by atoms with E-state index in [1.165, 1.54) is 7.11 Å². The van der Waals surface area contributed by atoms with Crippen LogP contribution in [0.25, 0.3) is 11.1 Å². The van der Waals surface area contributed by atoms with Gasteiger partial charge in [0.25, 0.3) is 0 Å². The van der Waals surface area contributed by atoms with Gasteiger partial charge in [0.1, 0.15) is 0 Å². The molecule has 160 valence electrons. The molecule has 30 heavy (non-hydrogen) atoms. The number of methoxy groups -OCH3 is 1. The number of nitrogens with one attached hydrogen (secondary N) is 1. The van der Waals surface area contributed by atoms with Crippen molar-refractivity contribution in [1.82, 2.24) is 5.32 Å². The number of nitrogen functional groups attached to an aromatic ring is 1. The van der Waals surface area contributed by atoms with E-state index in [1.807, 2.05) is 48.5 Å². The van der Waals surface area contributed by atoms with Crippen LogP contribution in [-0.4, -0.2) is 37.6 Å². The van der Waals surface area contributed by atoms with Gasteiger partial charge in [0.05, 0.1) is 26.6 Å². The Balaban J connectivity index is 2.05. The summed E-state index contributed by atoms with van der Waals surface area (Å²) in [6.45, 7) is 2.01. The highest BCUT2D eigenvalue weighted by Gasteiger charge is 2.19. The summed E-state index contributed by atoms with van der Waals surface area (Å²) in [5.74, 6) is -1.15. The van der Waals surface area contributed by atoms with E-state index in [0.29, 0.717) is 12.1 Å². The number of amides is 1. The van der Waals surface area contributed by atoms with Crippen molar-refractivity contribution >= 4 is 23.5 Å². The molecule has 0 aliphatic rings. The minimum atomic E-state index is -0.454. The zero-order valence-corrected chi connectivity index (χ0v) is 17.4. The summed E-state index contributed by atoms with van der Waals surface area (Å²) in [6.07, 6.45) is 0.499. The molecule has 1 amide bonds. The number of anilines is 1. The van der Waals surface area contributed by atoms with Gasteiger partial charge in [-0.15, -0.1) is 0 Å². The van der Waals surface area contributed by atoms with Gasteiger partial charge in [0.15, 0.2) is 0 Å². The summed E-state index contributed by atoms with van der Waals surface area (Å²) < 4.78 is 9.57. The average molecular weight is 412 g/mol. The van der Waals surface area contributed by atoms with E-state index in [-0.39, 0.29) is 37.7 Å². The van der Waals surface area contributed by atoms with Crippen LogP contribution in [0.2, 0.25) is 0 Å². The van der Waals surface area contributed by atoms with Gasteiger partial charge in [0, 0.05) is 18.2 Å². The third-order valence-corrected chi connectivity index (χ3v) is 4.52. The Morgan fingerprint density at radius 1 is 1.00 bits per heavy atom. The molecule has 3 N–H and O–H groups in total. The number of carbonyl (C=O) groups excluding carboxylic acids is 3. The summed E-state index contributed by atoms with van der Waals surface area (Å²) in [4.78, 5) is 35.4. The number of nitrogens with two attached hydrogens (primary N) is 1. The summed E-state index contributed by atoms with van der Waals surface area (Å²) in [7, 11) is 1.28. The maximum absolute atomic E-state index is 12.2. The number of hydrogen-bond acceptors (Lipinski definition) is 6. The van der Waals surface area contributed by atoms with Crippen LogP contribution in [0.1, 0.15) is 31.7 Å². The SMILES string of the molecule is CCOC(=O)C[C@@H](Cc1ccc(-c2cccc(N)c2)cc1)NC(=O)CCC(=O)OC. The molecule has 2 rings (SSSR count). The van der Waals surface area contributed by atoms with Crippen molar-refractivity contribution in [2.24, 2.45) is 0 Å². The first-order valence-electron chi connectivity index (χ1n) is 9.88. The molecule has 2 aromatic rings. The Kier molecular flexibility index (Phi) is 8.87. The third kappa shape index (κ3) is 7.58. The predicted octanol–water partition coefficient (Wildman–Crippen LogP) is 2.87. The number of hydrogen-bond donors (Lipinski definition) is 2. The average Bonchev–Trinajstić information content (AvgIpc) is 2.72. The number of carbonyl (C=O) groups is 3. The number of esters is 2. The van der Waals surface area contributed by atoms with Gasteiger partial charge in [-0.25, -0.2) is 0 Å². The lowest BCUT2D eigenvalue weighted by Gasteiger charge is -2.18. The highest BCUT2D eigenvalue weighted by Crippen LogP contribution is 2.22. The molecule has 7 heteroatoms. The lowest BCUT2D eigenvalue weighted by molar-refractivity contribution is -0.144. The molecule has 1 atom stereocenters. The molecule has 0 saturated heterocycles. The zero-order valence-electron chi connectivity index (χ0n) is 17.4. The number of benzene rings is 2. The van der Waals surface area contributed by atoms with E-state index in [4.69, 9.17) is 10.5 Å². The topological polar surface area (TPSA) is 108 Å². The zero-order chi connectivity index (χ0) is 21.9. The summed E-state index contributed by atoms with van der Waals surface area (Å²) in [5.41, 5.74) is 9.54. The Morgan fingerprint density at radius 3 is 2.37 bits per heavy atom. The molecular formula is C23H28N2O5. The first-order valence-corrected chi connectivity index (χ1v) is 9.88. The third-order valence-electron chi connectivity index (χ3n) is 4.52. The Labute approximate surface area is 176 Å². The maximum atomic E-state index is 12.2. The predicted molar refractivity (Wildman–Crippen MR) is 114 cm³/mol. The second-order valence-electron chi connectivity index (χ2n) is 6.88. The molecule has 0 fully saturated rings. The van der Waals surface area contributed by atoms with Gasteiger partial charge < -0.3 is 20.5 Å². The van der Waals surface area contributed by atoms with Crippen LogP contribution in [0.5, 0.6) is 0 Å². The highest BCUT2D eigenvalue weighted by molar-refractivity contribution is 5.82. The lowest BCUT2D eigenvalue weighted by Crippen LogP contribution is -2.38. The van der Waals surface area contributed by atoms with E-state index < -0.39 is 12.0 Å². The van der Waals surface area contributed by atoms with Crippen LogP contribution in [0, 0.1) is 0 Å². The highest BCUT2D eigenvalue weighted by atomic mass is 16.5. The van der Waals surface area contributed by atoms with Crippen molar-refractivity contribution in [2.45, 2.75) is 38.6 Å². The van der Waals surface area contributed by atoms with E-state index >= 15 is 0 Å². The summed E-state index contributed by atoms with van der Waals surface area (Å²) in [6, 6.07) is 15.0. The minimum absolute atomic E-state index is 0.000363. The quantitative estimate of drug-likeness (QED) is 0.459. The molecule has 0 unspecified atom stereocenters. The fraction of sp³-hybridized carbons (Fsp3) is 0.348. The maximum Gasteiger partial charge on any atom is 0.307 e. The van der Waals surface area contributed by atoms with Gasteiger partial charge in [-0.05, 0) is 42.2 Å². The second kappa shape index (κ2) is 11.6. The van der Waals surface area contributed by atoms with E-state index in [2.05, 4.69) is 10.1 Å². The van der Waals surface area contributed by atoms with E-state index in [0.717, 1.165) is 16.7 Å². The van der Waals surface area contributed by atoms with Gasteiger partial charge in [-0.1, -0.05) is 36.4 Å². The number of ether oxygens (including phenoxy) is 2. The van der Waals surface area contributed by atoms with Crippen LogP contribution < -0.4 is 11.1 Å². The Morgan fingerprint density at radius 2 is 1.73 bits per heavy atom. The van der Waals surface area contributed by atoms with Gasteiger partial charge in [-0.3, -0.25) is 14.4 Å². The van der Waals surface area contributed by atoms with E-state index in [9.17, 15) is 14.4 Å². The smallest absolute Gasteiger partial charge is 0.307 e. The fourth-order valence-corrected chi connectivity index (χ4v) is 3.05. The normalized spacial score (nSPS) is 11.4. The fourth-order valence-electron chi connectivity index (χ4n) is 3.05. The van der Waals surface area contributed by atoms with Crippen LogP contribution in [0.3, 0.4) is 0 Å². The number of rotatable bonds is 10. The van der Waals surface area contributed by atoms with Crippen molar-refractivity contribution in [3.63, 3.8) is 0 Å². The van der Waals surface area contributed by atoms with Crippen molar-refractivity contribution < 1.29 is 23.9 Å². The largest absolute Gasteiger partial charge is 0.469 e. The summed E-state index contributed by atoms with van der Waals surface area (Å²) in [5, 5.41) is 2.82. The van der Waals surface area contributed by atoms with E-state index in [1.54, 1.807) is 6.92 Å². The van der Waals surface area contributed by atoms with Crippen LogP contribution in [0.4, 0.5) is 5.69 Å². The van der Waals surface area contributed by atoms with Crippen molar-refractivity contribution in [2.75, 3.05) is 19.5 Å². The van der Waals surface area contributed by atoms with Crippen molar-refractivity contribution in [3.05, 3.63) is 54.1 Å². The van der Waals surface area contributed by atoms with Crippen molar-refractivity contribution in [3.8, 4) is 11.1 Å². The monoisotopic (exact) mass is 412 g/mol. The second-order valence-corrected chi connectivity index (χ2v) is 6.88. The first kappa shape index (κ1) is 22.9. The molecule has 0 aliphatic heterocycles. The lowest BCUT2D eigenvalue weighted by atomic mass is 9.99. The van der Waals surface area contributed by atoms with Gasteiger partial charge in [0.2, 0.25) is 5.91 Å². The molecule has 0 bridgehead atoms. The van der Waals surface area contributed by atoms with Crippen LogP contribution in [-0.2, 0) is 30.3 Å². The molecule has 0 spiro atoms. The molecule has 0 heterocycles. The van der Waals surface area contributed by atoms with Gasteiger partial charge in [-0.2, -0.15) is 0 Å². The molecule has 7 nitrogen and oxygen atoms in total. The van der Waals surface area contributed by atoms with Gasteiger partial charge >= 0.3 is 11.9 Å². The molecule has 0 radical (unpaired) electrons. The van der Waals surface area contributed by atoms with Crippen molar-refractivity contribution in [1.29, 1.82) is 0 Å². The molecule has 0 saturated carbocycles. The Bertz CT molecular complexity index is 864. The molecular weight excluding hydrogens is 384 g/mol. The molecule has 2 aromatic carbocycles. The standard InChI is InChI=1S/C23H28N2O5/c1-3-30-23(28)15-20(25-21(26)11-12-22(27)29-2)13-16-7-9-17(10-8-16)18-5-4-6-19(24)14-18/h4-10,14,20H,3,11-13,15,24H2,1-2H3,(H,25,26)/t20-/m1/s1.